The van der Waals surface area contributed by atoms with Gasteiger partial charge in [0.1, 0.15) is 5.75 Å². The van der Waals surface area contributed by atoms with Crippen molar-refractivity contribution in [2.45, 2.75) is 51.0 Å². The Bertz CT molecular complexity index is 399. The van der Waals surface area contributed by atoms with Gasteiger partial charge in [-0.1, -0.05) is 42.7 Å². The van der Waals surface area contributed by atoms with E-state index >= 15 is 0 Å². The molecule has 2 nitrogen and oxygen atoms in total. The van der Waals surface area contributed by atoms with Crippen molar-refractivity contribution in [1.29, 1.82) is 0 Å². The molecule has 1 aliphatic rings. The predicted octanol–water partition coefficient (Wildman–Crippen LogP) is 4.32. The van der Waals surface area contributed by atoms with Gasteiger partial charge in [-0.05, 0) is 44.9 Å². The number of rotatable bonds is 6. The van der Waals surface area contributed by atoms with E-state index < -0.39 is 0 Å². The fourth-order valence-corrected chi connectivity index (χ4v) is 2.86. The number of likely N-dealkylation sites (N-methyl/N-ethyl adjacent to an activating group) is 1. The van der Waals surface area contributed by atoms with Crippen LogP contribution in [-0.2, 0) is 0 Å². The van der Waals surface area contributed by atoms with Gasteiger partial charge in [-0.3, -0.25) is 0 Å². The molecule has 2 rings (SSSR count). The second-order valence-electron chi connectivity index (χ2n) is 5.52. The predicted molar refractivity (Wildman–Crippen MR) is 85.2 cm³/mol. The summed E-state index contributed by atoms with van der Waals surface area (Å²) in [5, 5.41) is 3.46. The van der Waals surface area contributed by atoms with E-state index in [-0.39, 0.29) is 0 Å². The Kier molecular flexibility index (Phi) is 6.65. The Morgan fingerprint density at radius 3 is 2.70 bits per heavy atom. The van der Waals surface area contributed by atoms with E-state index in [1.54, 1.807) is 5.57 Å². The summed E-state index contributed by atoms with van der Waals surface area (Å²) in [6.45, 7) is 0.771. The number of hydrogen-bond acceptors (Lipinski definition) is 2. The first-order valence-electron chi connectivity index (χ1n) is 7.94. The third-order valence-corrected chi connectivity index (χ3v) is 4.04. The maximum absolute atomic E-state index is 5.82. The first-order chi connectivity index (χ1) is 9.90. The molecule has 1 aliphatic carbocycles. The van der Waals surface area contributed by atoms with Crippen LogP contribution in [0.25, 0.3) is 0 Å². The summed E-state index contributed by atoms with van der Waals surface area (Å²) < 4.78 is 5.82. The Morgan fingerprint density at radius 1 is 1.10 bits per heavy atom. The largest absolute Gasteiger partial charge is 0.494 e. The molecule has 1 unspecified atom stereocenters. The summed E-state index contributed by atoms with van der Waals surface area (Å²) in [7, 11) is 2.06. The quantitative estimate of drug-likeness (QED) is 0.779. The van der Waals surface area contributed by atoms with E-state index in [0.717, 1.165) is 18.8 Å². The zero-order chi connectivity index (χ0) is 14.0. The standard InChI is InChI=1S/C18H27NO/c1-19-18(16-10-6-3-2-4-7-11-16)14-15-20-17-12-8-5-9-13-17/h5,8-10,12-13,18-19H,2-4,6-7,11,14-15H2,1H3/b16-10+. The van der Waals surface area contributed by atoms with Gasteiger partial charge >= 0.3 is 0 Å². The molecule has 0 saturated carbocycles. The monoisotopic (exact) mass is 273 g/mol. The molecule has 0 saturated heterocycles. The van der Waals surface area contributed by atoms with Crippen molar-refractivity contribution >= 4 is 0 Å². The van der Waals surface area contributed by atoms with Crippen molar-refractivity contribution in [2.75, 3.05) is 13.7 Å². The van der Waals surface area contributed by atoms with Crippen LogP contribution in [0.3, 0.4) is 0 Å². The Balaban J connectivity index is 1.81. The lowest BCUT2D eigenvalue weighted by molar-refractivity contribution is 0.295. The lowest BCUT2D eigenvalue weighted by atomic mass is 9.93. The molecule has 0 radical (unpaired) electrons. The molecule has 0 bridgehead atoms. The van der Waals surface area contributed by atoms with Crippen molar-refractivity contribution < 1.29 is 4.74 Å². The van der Waals surface area contributed by atoms with E-state index in [1.165, 1.54) is 38.5 Å². The summed E-state index contributed by atoms with van der Waals surface area (Å²) in [6.07, 6.45) is 11.5. The molecule has 0 fully saturated rings. The van der Waals surface area contributed by atoms with Gasteiger partial charge in [0.15, 0.2) is 0 Å². The molecule has 1 aromatic carbocycles. The second kappa shape index (κ2) is 8.80. The number of hydrogen-bond donors (Lipinski definition) is 1. The van der Waals surface area contributed by atoms with E-state index in [0.29, 0.717) is 6.04 Å². The van der Waals surface area contributed by atoms with Crippen molar-refractivity contribution in [3.05, 3.63) is 42.0 Å². The zero-order valence-electron chi connectivity index (χ0n) is 12.6. The van der Waals surface area contributed by atoms with Gasteiger partial charge in [-0.2, -0.15) is 0 Å². The van der Waals surface area contributed by atoms with Crippen LogP contribution >= 0.6 is 0 Å². The van der Waals surface area contributed by atoms with Crippen LogP contribution in [0.5, 0.6) is 5.75 Å². The number of allylic oxidation sites excluding steroid dienone is 1. The third kappa shape index (κ3) is 5.01. The van der Waals surface area contributed by atoms with Crippen molar-refractivity contribution in [3.63, 3.8) is 0 Å². The van der Waals surface area contributed by atoms with Gasteiger partial charge in [-0.15, -0.1) is 0 Å². The first kappa shape index (κ1) is 15.1. The van der Waals surface area contributed by atoms with Gasteiger partial charge in [0.05, 0.1) is 6.61 Å². The average Bonchev–Trinajstić information content (AvgIpc) is 2.45. The summed E-state index contributed by atoms with van der Waals surface area (Å²) in [5.74, 6) is 0.967. The smallest absolute Gasteiger partial charge is 0.119 e. The summed E-state index contributed by atoms with van der Waals surface area (Å²) in [6, 6.07) is 10.6. The van der Waals surface area contributed by atoms with Crippen molar-refractivity contribution in [3.8, 4) is 5.75 Å². The molecule has 0 spiro atoms. The maximum Gasteiger partial charge on any atom is 0.119 e. The molecule has 0 aliphatic heterocycles. The van der Waals surface area contributed by atoms with Gasteiger partial charge in [0, 0.05) is 12.5 Å². The van der Waals surface area contributed by atoms with E-state index in [1.807, 2.05) is 30.3 Å². The lowest BCUT2D eigenvalue weighted by Crippen LogP contribution is -2.29. The minimum Gasteiger partial charge on any atom is -0.494 e. The summed E-state index contributed by atoms with van der Waals surface area (Å²) in [4.78, 5) is 0. The van der Waals surface area contributed by atoms with Crippen LogP contribution in [-0.4, -0.2) is 19.7 Å². The van der Waals surface area contributed by atoms with Gasteiger partial charge in [-0.25, -0.2) is 0 Å². The van der Waals surface area contributed by atoms with Crippen LogP contribution in [0.4, 0.5) is 0 Å². The van der Waals surface area contributed by atoms with E-state index in [2.05, 4.69) is 18.4 Å². The number of para-hydroxylation sites is 1. The molecule has 2 heteroatoms. The fourth-order valence-electron chi connectivity index (χ4n) is 2.86. The van der Waals surface area contributed by atoms with E-state index in [9.17, 15) is 0 Å². The van der Waals surface area contributed by atoms with Crippen LogP contribution in [0, 0.1) is 0 Å². The topological polar surface area (TPSA) is 21.3 Å². The first-order valence-corrected chi connectivity index (χ1v) is 7.94. The van der Waals surface area contributed by atoms with Gasteiger partial charge in [0.2, 0.25) is 0 Å². The van der Waals surface area contributed by atoms with Gasteiger partial charge in [0.25, 0.3) is 0 Å². The molecule has 1 atom stereocenters. The minimum atomic E-state index is 0.469. The Labute approximate surface area is 123 Å². The highest BCUT2D eigenvalue weighted by molar-refractivity contribution is 5.21. The second-order valence-corrected chi connectivity index (χ2v) is 5.52. The van der Waals surface area contributed by atoms with E-state index in [4.69, 9.17) is 4.74 Å². The minimum absolute atomic E-state index is 0.469. The van der Waals surface area contributed by atoms with Crippen molar-refractivity contribution in [2.24, 2.45) is 0 Å². The molecule has 0 heterocycles. The Hall–Kier alpha value is -1.28. The molecular weight excluding hydrogens is 246 g/mol. The highest BCUT2D eigenvalue weighted by Crippen LogP contribution is 2.21. The molecule has 0 aromatic heterocycles. The van der Waals surface area contributed by atoms with Gasteiger partial charge < -0.3 is 10.1 Å². The Morgan fingerprint density at radius 2 is 1.90 bits per heavy atom. The van der Waals surface area contributed by atoms with Crippen LogP contribution in [0.1, 0.15) is 44.9 Å². The highest BCUT2D eigenvalue weighted by atomic mass is 16.5. The average molecular weight is 273 g/mol. The molecule has 1 N–H and O–H groups in total. The number of benzene rings is 1. The molecule has 110 valence electrons. The van der Waals surface area contributed by atoms with Crippen molar-refractivity contribution in [1.82, 2.24) is 5.32 Å². The van der Waals surface area contributed by atoms with Crippen LogP contribution in [0.2, 0.25) is 0 Å². The van der Waals surface area contributed by atoms with Crippen LogP contribution < -0.4 is 10.1 Å². The third-order valence-electron chi connectivity index (χ3n) is 4.04. The number of ether oxygens (including phenoxy) is 1. The molecule has 1 aromatic rings. The summed E-state index contributed by atoms with van der Waals surface area (Å²) in [5.41, 5.74) is 1.59. The molecular formula is C18H27NO. The fraction of sp³-hybridized carbons (Fsp3) is 0.556. The highest BCUT2D eigenvalue weighted by Gasteiger charge is 2.13. The maximum atomic E-state index is 5.82. The molecule has 20 heavy (non-hydrogen) atoms. The zero-order valence-corrected chi connectivity index (χ0v) is 12.6. The normalized spacial score (nSPS) is 20.4. The number of nitrogens with one attached hydrogen (secondary N) is 1. The molecule has 0 amide bonds. The SMILES string of the molecule is CNC(CCOc1ccccc1)/C1=C/CCCCCC1. The lowest BCUT2D eigenvalue weighted by Gasteiger charge is -2.22. The van der Waals surface area contributed by atoms with Crippen LogP contribution in [0.15, 0.2) is 42.0 Å². The summed E-state index contributed by atoms with van der Waals surface area (Å²) >= 11 is 0.